The summed E-state index contributed by atoms with van der Waals surface area (Å²) in [4.78, 5) is 0. The number of unbranched alkanes of at least 4 members (excludes halogenated alkanes) is 1. The van der Waals surface area contributed by atoms with Gasteiger partial charge >= 0.3 is 0 Å². The Balaban J connectivity index is 1.66. The van der Waals surface area contributed by atoms with Gasteiger partial charge in [-0.05, 0) is 60.6 Å². The molecule has 1 aliphatic rings. The van der Waals surface area contributed by atoms with E-state index in [4.69, 9.17) is 9.47 Å². The summed E-state index contributed by atoms with van der Waals surface area (Å²) >= 11 is 0. The van der Waals surface area contributed by atoms with Crippen molar-refractivity contribution in [1.29, 1.82) is 0 Å². The van der Waals surface area contributed by atoms with Crippen LogP contribution >= 0.6 is 0 Å². The standard InChI is InChI=1S/C22H26F2O2/c1-2-3-12-25-21-10-8-17(13-19(21)23)18-9-11-22(20(24)14-18)26-15-16-6-4-5-7-16/h8-11,13-14,16H,2-7,12,15H2,1H3. The zero-order valence-electron chi connectivity index (χ0n) is 15.3. The van der Waals surface area contributed by atoms with Crippen LogP contribution in [0.15, 0.2) is 36.4 Å². The van der Waals surface area contributed by atoms with Crippen molar-refractivity contribution < 1.29 is 18.3 Å². The summed E-state index contributed by atoms with van der Waals surface area (Å²) < 4.78 is 39.6. The molecule has 0 aromatic heterocycles. The Kier molecular flexibility index (Phi) is 6.48. The van der Waals surface area contributed by atoms with Crippen LogP contribution in [0.2, 0.25) is 0 Å². The first-order chi connectivity index (χ1) is 12.7. The molecule has 0 radical (unpaired) electrons. The van der Waals surface area contributed by atoms with Gasteiger partial charge in [-0.2, -0.15) is 0 Å². The summed E-state index contributed by atoms with van der Waals surface area (Å²) in [6, 6.07) is 9.52. The van der Waals surface area contributed by atoms with Crippen molar-refractivity contribution in [3.63, 3.8) is 0 Å². The number of ether oxygens (including phenoxy) is 2. The maximum atomic E-state index is 14.4. The molecule has 0 bridgehead atoms. The molecule has 0 atom stereocenters. The van der Waals surface area contributed by atoms with E-state index >= 15 is 0 Å². The summed E-state index contributed by atoms with van der Waals surface area (Å²) in [5, 5.41) is 0. The molecular formula is C22H26F2O2. The summed E-state index contributed by atoms with van der Waals surface area (Å²) in [5.41, 5.74) is 1.24. The average Bonchev–Trinajstić information content (AvgIpc) is 3.15. The van der Waals surface area contributed by atoms with Crippen LogP contribution in [0.1, 0.15) is 45.4 Å². The van der Waals surface area contributed by atoms with Crippen LogP contribution in [0.3, 0.4) is 0 Å². The van der Waals surface area contributed by atoms with Crippen molar-refractivity contribution in [1.82, 2.24) is 0 Å². The number of hydrogen-bond acceptors (Lipinski definition) is 2. The Morgan fingerprint density at radius 3 is 2.00 bits per heavy atom. The van der Waals surface area contributed by atoms with Crippen LogP contribution in [-0.2, 0) is 0 Å². The van der Waals surface area contributed by atoms with E-state index in [1.54, 1.807) is 24.3 Å². The van der Waals surface area contributed by atoms with Crippen molar-refractivity contribution in [2.75, 3.05) is 13.2 Å². The summed E-state index contributed by atoms with van der Waals surface area (Å²) in [7, 11) is 0. The first kappa shape index (κ1) is 18.7. The summed E-state index contributed by atoms with van der Waals surface area (Å²) in [6.45, 7) is 3.11. The molecule has 26 heavy (non-hydrogen) atoms. The summed E-state index contributed by atoms with van der Waals surface area (Å²) in [5.74, 6) is 0.188. The van der Waals surface area contributed by atoms with Gasteiger partial charge in [0.05, 0.1) is 13.2 Å². The number of rotatable bonds is 8. The van der Waals surface area contributed by atoms with Gasteiger partial charge in [0, 0.05) is 0 Å². The molecule has 1 aliphatic carbocycles. The smallest absolute Gasteiger partial charge is 0.165 e. The molecule has 2 aromatic rings. The minimum absolute atomic E-state index is 0.235. The highest BCUT2D eigenvalue weighted by molar-refractivity contribution is 5.65. The Labute approximate surface area is 154 Å². The monoisotopic (exact) mass is 360 g/mol. The predicted molar refractivity (Wildman–Crippen MR) is 99.7 cm³/mol. The van der Waals surface area contributed by atoms with Gasteiger partial charge in [0.1, 0.15) is 0 Å². The Morgan fingerprint density at radius 2 is 1.46 bits per heavy atom. The molecule has 0 N–H and O–H groups in total. The second kappa shape index (κ2) is 9.02. The van der Waals surface area contributed by atoms with Crippen LogP contribution in [0.25, 0.3) is 11.1 Å². The third-order valence-electron chi connectivity index (χ3n) is 4.90. The van der Waals surface area contributed by atoms with Crippen molar-refractivity contribution in [2.24, 2.45) is 5.92 Å². The zero-order valence-corrected chi connectivity index (χ0v) is 15.3. The van der Waals surface area contributed by atoms with Gasteiger partial charge < -0.3 is 9.47 Å². The largest absolute Gasteiger partial charge is 0.491 e. The van der Waals surface area contributed by atoms with Crippen LogP contribution in [0.5, 0.6) is 11.5 Å². The van der Waals surface area contributed by atoms with E-state index < -0.39 is 11.6 Å². The minimum atomic E-state index is -0.430. The number of hydrogen-bond donors (Lipinski definition) is 0. The normalized spacial score (nSPS) is 14.6. The molecule has 0 saturated heterocycles. The van der Waals surface area contributed by atoms with Gasteiger partial charge in [0.15, 0.2) is 23.1 Å². The second-order valence-electron chi connectivity index (χ2n) is 6.95. The van der Waals surface area contributed by atoms with E-state index in [0.29, 0.717) is 30.3 Å². The SMILES string of the molecule is CCCCOc1ccc(-c2ccc(OCC3CCCC3)c(F)c2)cc1F. The fraction of sp³-hybridized carbons (Fsp3) is 0.455. The molecular weight excluding hydrogens is 334 g/mol. The van der Waals surface area contributed by atoms with E-state index in [-0.39, 0.29) is 11.5 Å². The maximum Gasteiger partial charge on any atom is 0.165 e. The third-order valence-corrected chi connectivity index (χ3v) is 4.90. The van der Waals surface area contributed by atoms with E-state index in [2.05, 4.69) is 6.92 Å². The van der Waals surface area contributed by atoms with Crippen LogP contribution in [0.4, 0.5) is 8.78 Å². The van der Waals surface area contributed by atoms with Crippen molar-refractivity contribution in [3.05, 3.63) is 48.0 Å². The highest BCUT2D eigenvalue weighted by Gasteiger charge is 2.16. The highest BCUT2D eigenvalue weighted by Crippen LogP contribution is 2.30. The van der Waals surface area contributed by atoms with E-state index in [1.165, 1.54) is 25.0 Å². The lowest BCUT2D eigenvalue weighted by molar-refractivity contribution is 0.242. The molecule has 1 fully saturated rings. The van der Waals surface area contributed by atoms with Gasteiger partial charge in [0.2, 0.25) is 0 Å². The second-order valence-corrected chi connectivity index (χ2v) is 6.95. The van der Waals surface area contributed by atoms with E-state index in [0.717, 1.165) is 25.7 Å². The average molecular weight is 360 g/mol. The Morgan fingerprint density at radius 1 is 0.885 bits per heavy atom. The van der Waals surface area contributed by atoms with E-state index in [9.17, 15) is 8.78 Å². The van der Waals surface area contributed by atoms with Crippen LogP contribution in [-0.4, -0.2) is 13.2 Å². The lowest BCUT2D eigenvalue weighted by Gasteiger charge is -2.13. The van der Waals surface area contributed by atoms with Crippen LogP contribution in [0, 0.1) is 17.6 Å². The zero-order chi connectivity index (χ0) is 18.4. The molecule has 3 rings (SSSR count). The maximum absolute atomic E-state index is 14.4. The molecule has 2 nitrogen and oxygen atoms in total. The Hall–Kier alpha value is -2.10. The number of benzene rings is 2. The van der Waals surface area contributed by atoms with Gasteiger partial charge in [0.25, 0.3) is 0 Å². The van der Waals surface area contributed by atoms with Gasteiger partial charge in [-0.25, -0.2) is 8.78 Å². The fourth-order valence-electron chi connectivity index (χ4n) is 3.31. The first-order valence-corrected chi connectivity index (χ1v) is 9.52. The quantitative estimate of drug-likeness (QED) is 0.509. The molecule has 0 unspecified atom stereocenters. The Bertz CT molecular complexity index is 724. The van der Waals surface area contributed by atoms with Gasteiger partial charge in [-0.1, -0.05) is 38.3 Å². The van der Waals surface area contributed by atoms with Crippen LogP contribution < -0.4 is 9.47 Å². The minimum Gasteiger partial charge on any atom is -0.491 e. The first-order valence-electron chi connectivity index (χ1n) is 9.52. The molecule has 0 heterocycles. The molecule has 1 saturated carbocycles. The molecule has 0 aliphatic heterocycles. The third kappa shape index (κ3) is 4.75. The molecule has 0 spiro atoms. The topological polar surface area (TPSA) is 18.5 Å². The van der Waals surface area contributed by atoms with Crippen molar-refractivity contribution in [3.8, 4) is 22.6 Å². The van der Waals surface area contributed by atoms with Crippen molar-refractivity contribution in [2.45, 2.75) is 45.4 Å². The fourth-order valence-corrected chi connectivity index (χ4v) is 3.31. The van der Waals surface area contributed by atoms with E-state index in [1.807, 2.05) is 0 Å². The van der Waals surface area contributed by atoms with Gasteiger partial charge in [-0.3, -0.25) is 0 Å². The molecule has 0 amide bonds. The number of halogens is 2. The predicted octanol–water partition coefficient (Wildman–Crippen LogP) is 6.38. The molecule has 4 heteroatoms. The van der Waals surface area contributed by atoms with Crippen molar-refractivity contribution >= 4 is 0 Å². The molecule has 140 valence electrons. The summed E-state index contributed by atoms with van der Waals surface area (Å²) in [6.07, 6.45) is 6.67. The lowest BCUT2D eigenvalue weighted by Crippen LogP contribution is -2.08. The molecule has 2 aromatic carbocycles. The highest BCUT2D eigenvalue weighted by atomic mass is 19.1. The van der Waals surface area contributed by atoms with Gasteiger partial charge in [-0.15, -0.1) is 0 Å². The lowest BCUT2D eigenvalue weighted by atomic mass is 10.0.